The fourth-order valence-electron chi connectivity index (χ4n) is 2.42. The molecule has 1 aliphatic rings. The maximum absolute atomic E-state index is 12.2. The summed E-state index contributed by atoms with van der Waals surface area (Å²) in [6.45, 7) is 9.55. The van der Waals surface area contributed by atoms with Gasteiger partial charge in [0, 0.05) is 26.2 Å². The van der Waals surface area contributed by atoms with E-state index in [0.717, 1.165) is 39.3 Å². The highest BCUT2D eigenvalue weighted by Crippen LogP contribution is 2.19. The first kappa shape index (κ1) is 16.3. The number of hydrogen-bond acceptors (Lipinski definition) is 4. The van der Waals surface area contributed by atoms with E-state index in [2.05, 4.69) is 15.3 Å². The smallest absolute Gasteiger partial charge is 0.271 e. The lowest BCUT2D eigenvalue weighted by molar-refractivity contribution is 0.0374. The van der Waals surface area contributed by atoms with Crippen molar-refractivity contribution in [2.75, 3.05) is 39.4 Å². The maximum Gasteiger partial charge on any atom is 0.271 e. The Bertz CT molecular complexity index is 484. The zero-order valence-corrected chi connectivity index (χ0v) is 13.4. The summed E-state index contributed by atoms with van der Waals surface area (Å²) >= 11 is 6.16. The summed E-state index contributed by atoms with van der Waals surface area (Å²) < 4.78 is 6.96. The van der Waals surface area contributed by atoms with Gasteiger partial charge in [-0.25, -0.2) is 0 Å². The predicted molar refractivity (Wildman–Crippen MR) is 81.9 cm³/mol. The van der Waals surface area contributed by atoms with Crippen LogP contribution >= 0.6 is 11.6 Å². The molecule has 118 valence electrons. The molecule has 6 nitrogen and oxygen atoms in total. The molecule has 0 aromatic carbocycles. The van der Waals surface area contributed by atoms with Gasteiger partial charge in [-0.3, -0.25) is 14.4 Å². The molecule has 7 heteroatoms. The summed E-state index contributed by atoms with van der Waals surface area (Å²) in [6.07, 6.45) is 0.919. The van der Waals surface area contributed by atoms with E-state index in [4.69, 9.17) is 16.3 Å². The van der Waals surface area contributed by atoms with Crippen molar-refractivity contribution >= 4 is 17.5 Å². The zero-order valence-electron chi connectivity index (χ0n) is 12.7. The number of halogens is 1. The van der Waals surface area contributed by atoms with Gasteiger partial charge in [-0.1, -0.05) is 11.6 Å². The summed E-state index contributed by atoms with van der Waals surface area (Å²) in [5, 5.41) is 7.63. The van der Waals surface area contributed by atoms with Gasteiger partial charge in [0.15, 0.2) is 0 Å². The lowest BCUT2D eigenvalue weighted by Crippen LogP contribution is -2.38. The predicted octanol–water partition coefficient (Wildman–Crippen LogP) is 1.32. The lowest BCUT2D eigenvalue weighted by Gasteiger charge is -2.26. The van der Waals surface area contributed by atoms with E-state index in [1.165, 1.54) is 0 Å². The third kappa shape index (κ3) is 4.18. The highest BCUT2D eigenvalue weighted by atomic mass is 35.5. The van der Waals surface area contributed by atoms with Gasteiger partial charge in [0.25, 0.3) is 5.91 Å². The Hall–Kier alpha value is -1.11. The summed E-state index contributed by atoms with van der Waals surface area (Å²) in [4.78, 5) is 14.6. The first-order valence-corrected chi connectivity index (χ1v) is 7.82. The Morgan fingerprint density at radius 2 is 2.14 bits per heavy atom. The Morgan fingerprint density at radius 1 is 1.43 bits per heavy atom. The average Bonchev–Trinajstić information content (AvgIpc) is 2.79. The van der Waals surface area contributed by atoms with Gasteiger partial charge in [-0.2, -0.15) is 5.10 Å². The highest BCUT2D eigenvalue weighted by Gasteiger charge is 2.19. The van der Waals surface area contributed by atoms with Crippen LogP contribution in [0.3, 0.4) is 0 Å². The summed E-state index contributed by atoms with van der Waals surface area (Å²) in [5.41, 5.74) is 1.15. The van der Waals surface area contributed by atoms with Crippen molar-refractivity contribution in [2.24, 2.45) is 0 Å². The molecule has 1 amide bonds. The topological polar surface area (TPSA) is 59.4 Å². The van der Waals surface area contributed by atoms with Gasteiger partial charge in [-0.05, 0) is 26.8 Å². The molecule has 0 spiro atoms. The number of nitrogens with zero attached hydrogens (tertiary/aromatic N) is 3. The number of nitrogens with one attached hydrogen (secondary N) is 1. The fraction of sp³-hybridized carbons (Fsp3) is 0.714. The third-order valence-electron chi connectivity index (χ3n) is 3.61. The standard InChI is InChI=1S/C14H23ClN4O2/c1-3-19-13(12(15)11(2)17-19)14(20)16-5-4-6-18-7-9-21-10-8-18/h3-10H2,1-2H3,(H,16,20). The van der Waals surface area contributed by atoms with Crippen molar-refractivity contribution in [3.05, 3.63) is 16.4 Å². The van der Waals surface area contributed by atoms with Gasteiger partial charge in [0.1, 0.15) is 5.69 Å². The SMILES string of the molecule is CCn1nc(C)c(Cl)c1C(=O)NCCCN1CCOCC1. The van der Waals surface area contributed by atoms with Gasteiger partial charge in [0.05, 0.1) is 23.9 Å². The van der Waals surface area contributed by atoms with Gasteiger partial charge < -0.3 is 10.1 Å². The van der Waals surface area contributed by atoms with E-state index in [-0.39, 0.29) is 5.91 Å². The molecule has 0 radical (unpaired) electrons. The van der Waals surface area contributed by atoms with E-state index in [1.807, 2.05) is 13.8 Å². The van der Waals surface area contributed by atoms with Crippen molar-refractivity contribution < 1.29 is 9.53 Å². The van der Waals surface area contributed by atoms with Crippen LogP contribution in [0, 0.1) is 6.92 Å². The van der Waals surface area contributed by atoms with E-state index in [1.54, 1.807) is 4.68 Å². The van der Waals surface area contributed by atoms with Crippen LogP contribution in [0.15, 0.2) is 0 Å². The Labute approximate surface area is 130 Å². The fourth-order valence-corrected chi connectivity index (χ4v) is 2.64. The molecule has 2 heterocycles. The van der Waals surface area contributed by atoms with Crippen molar-refractivity contribution in [1.29, 1.82) is 0 Å². The first-order valence-electron chi connectivity index (χ1n) is 7.44. The van der Waals surface area contributed by atoms with E-state index in [9.17, 15) is 4.79 Å². The largest absolute Gasteiger partial charge is 0.379 e. The van der Waals surface area contributed by atoms with E-state index >= 15 is 0 Å². The van der Waals surface area contributed by atoms with E-state index in [0.29, 0.717) is 29.5 Å². The van der Waals surface area contributed by atoms with Crippen LogP contribution in [0.2, 0.25) is 5.02 Å². The molecule has 1 fully saturated rings. The third-order valence-corrected chi connectivity index (χ3v) is 4.06. The maximum atomic E-state index is 12.2. The number of morpholine rings is 1. The molecular weight excluding hydrogens is 292 g/mol. The number of carbonyl (C=O) groups is 1. The van der Waals surface area contributed by atoms with Crippen LogP contribution < -0.4 is 5.32 Å². The van der Waals surface area contributed by atoms with Crippen molar-refractivity contribution in [2.45, 2.75) is 26.8 Å². The molecule has 0 saturated carbocycles. The second-order valence-electron chi connectivity index (χ2n) is 5.13. The number of amides is 1. The number of hydrogen-bond donors (Lipinski definition) is 1. The second-order valence-corrected chi connectivity index (χ2v) is 5.51. The van der Waals surface area contributed by atoms with Crippen LogP contribution in [-0.4, -0.2) is 60.0 Å². The molecule has 1 N–H and O–H groups in total. The molecule has 0 aliphatic carbocycles. The van der Waals surface area contributed by atoms with Crippen LogP contribution in [0.4, 0.5) is 0 Å². The first-order chi connectivity index (χ1) is 10.1. The van der Waals surface area contributed by atoms with Crippen molar-refractivity contribution in [3.8, 4) is 0 Å². The molecule has 21 heavy (non-hydrogen) atoms. The molecule has 2 rings (SSSR count). The van der Waals surface area contributed by atoms with Crippen molar-refractivity contribution in [3.63, 3.8) is 0 Å². The normalized spacial score (nSPS) is 16.1. The summed E-state index contributed by atoms with van der Waals surface area (Å²) in [7, 11) is 0. The number of rotatable bonds is 6. The number of ether oxygens (including phenoxy) is 1. The van der Waals surface area contributed by atoms with Crippen molar-refractivity contribution in [1.82, 2.24) is 20.0 Å². The molecule has 1 saturated heterocycles. The minimum Gasteiger partial charge on any atom is -0.379 e. The minimum atomic E-state index is -0.149. The number of aryl methyl sites for hydroxylation is 2. The Kier molecular flexibility index (Phi) is 6.02. The van der Waals surface area contributed by atoms with Crippen LogP contribution in [-0.2, 0) is 11.3 Å². The van der Waals surface area contributed by atoms with Crippen LogP contribution in [0.1, 0.15) is 29.5 Å². The molecule has 1 aliphatic heterocycles. The molecular formula is C14H23ClN4O2. The molecule has 0 atom stereocenters. The Balaban J connectivity index is 1.79. The lowest BCUT2D eigenvalue weighted by atomic mass is 10.3. The monoisotopic (exact) mass is 314 g/mol. The number of aromatic nitrogens is 2. The Morgan fingerprint density at radius 3 is 2.81 bits per heavy atom. The quantitative estimate of drug-likeness (QED) is 0.805. The van der Waals surface area contributed by atoms with Gasteiger partial charge >= 0.3 is 0 Å². The molecule has 1 aromatic rings. The zero-order chi connectivity index (χ0) is 15.2. The minimum absolute atomic E-state index is 0.149. The van der Waals surface area contributed by atoms with Crippen LogP contribution in [0.5, 0.6) is 0 Å². The molecule has 0 unspecified atom stereocenters. The highest BCUT2D eigenvalue weighted by molar-refractivity contribution is 6.34. The molecule has 0 bridgehead atoms. The molecule has 1 aromatic heterocycles. The number of carbonyl (C=O) groups excluding carboxylic acids is 1. The van der Waals surface area contributed by atoms with Gasteiger partial charge in [-0.15, -0.1) is 0 Å². The van der Waals surface area contributed by atoms with Crippen LogP contribution in [0.25, 0.3) is 0 Å². The van der Waals surface area contributed by atoms with Gasteiger partial charge in [0.2, 0.25) is 0 Å². The average molecular weight is 315 g/mol. The summed E-state index contributed by atoms with van der Waals surface area (Å²) in [6, 6.07) is 0. The second kappa shape index (κ2) is 7.77. The summed E-state index contributed by atoms with van der Waals surface area (Å²) in [5.74, 6) is -0.149. The van der Waals surface area contributed by atoms with E-state index < -0.39 is 0 Å².